The van der Waals surface area contributed by atoms with Crippen molar-refractivity contribution in [3.8, 4) is 0 Å². The topological polar surface area (TPSA) is 114 Å². The van der Waals surface area contributed by atoms with Gasteiger partial charge in [-0.2, -0.15) is 0 Å². The Morgan fingerprint density at radius 1 is 1.04 bits per heavy atom. The minimum Gasteiger partial charge on any atom is -0.467 e. The summed E-state index contributed by atoms with van der Waals surface area (Å²) in [6.45, 7) is 0.540. The van der Waals surface area contributed by atoms with Crippen molar-refractivity contribution in [1.29, 1.82) is 0 Å². The van der Waals surface area contributed by atoms with E-state index in [-0.39, 0.29) is 24.7 Å². The van der Waals surface area contributed by atoms with E-state index in [4.69, 9.17) is 21.1 Å². The molecular weight excluding hydrogens is 614 g/mol. The standard InChI is InChI=1S/C34H44ClN3O6S/c1-38(21-18-24-10-5-3-6-11-24)30(39)17-16-28(32(41)43-2)36-31(40)29(22-25-12-7-4-8-13-25)45-37-33(42)44-34(19-20-34)26-14-9-15-27(35)23-26/h3,5-6,9-11,14-15,23,25,28-29H,4,7-8,12-13,16-22H2,1-2H3,(H,36,40)(H,37,42)/t28-,29-/m0/s1. The zero-order valence-electron chi connectivity index (χ0n) is 26.1. The average Bonchev–Trinajstić information content (AvgIpc) is 3.84. The molecule has 0 bridgehead atoms. The van der Waals surface area contributed by atoms with Gasteiger partial charge in [0, 0.05) is 25.0 Å². The molecule has 2 N–H and O–H groups in total. The molecule has 244 valence electrons. The molecule has 2 aromatic carbocycles. The van der Waals surface area contributed by atoms with Gasteiger partial charge in [-0.1, -0.05) is 86.2 Å². The van der Waals surface area contributed by atoms with Crippen molar-refractivity contribution in [3.63, 3.8) is 0 Å². The van der Waals surface area contributed by atoms with Gasteiger partial charge in [-0.25, -0.2) is 9.59 Å². The summed E-state index contributed by atoms with van der Waals surface area (Å²) in [5, 5.41) is 2.73. The number of amides is 3. The normalized spacial score (nSPS) is 17.0. The van der Waals surface area contributed by atoms with Gasteiger partial charge in [0.15, 0.2) is 0 Å². The van der Waals surface area contributed by atoms with E-state index in [0.717, 1.165) is 55.2 Å². The van der Waals surface area contributed by atoms with Crippen LogP contribution in [0.3, 0.4) is 0 Å². The Kier molecular flexibility index (Phi) is 13.0. The van der Waals surface area contributed by atoms with Crippen LogP contribution in [0.5, 0.6) is 0 Å². The van der Waals surface area contributed by atoms with E-state index in [0.29, 0.717) is 36.7 Å². The number of methoxy groups -OCH3 is 1. The van der Waals surface area contributed by atoms with Crippen LogP contribution < -0.4 is 10.0 Å². The maximum absolute atomic E-state index is 13.6. The molecule has 45 heavy (non-hydrogen) atoms. The Labute approximate surface area is 275 Å². The van der Waals surface area contributed by atoms with Gasteiger partial charge in [-0.3, -0.25) is 14.3 Å². The van der Waals surface area contributed by atoms with Gasteiger partial charge in [-0.15, -0.1) is 0 Å². The molecule has 0 radical (unpaired) electrons. The fraction of sp³-hybridized carbons (Fsp3) is 0.529. The summed E-state index contributed by atoms with van der Waals surface area (Å²) in [5.74, 6) is -0.797. The monoisotopic (exact) mass is 657 g/mol. The molecule has 0 heterocycles. The molecule has 4 rings (SSSR count). The summed E-state index contributed by atoms with van der Waals surface area (Å²) in [5.41, 5.74) is 1.26. The molecule has 9 nitrogen and oxygen atoms in total. The van der Waals surface area contributed by atoms with Crippen LogP contribution in [0.2, 0.25) is 5.02 Å². The summed E-state index contributed by atoms with van der Waals surface area (Å²) in [6.07, 6.45) is 7.60. The second kappa shape index (κ2) is 16.9. The molecule has 0 saturated heterocycles. The van der Waals surface area contributed by atoms with Gasteiger partial charge in [0.05, 0.1) is 7.11 Å². The maximum Gasteiger partial charge on any atom is 0.418 e. The molecular formula is C34H44ClN3O6S. The number of nitrogens with zero attached hydrogens (tertiary/aromatic N) is 1. The van der Waals surface area contributed by atoms with Gasteiger partial charge in [0.1, 0.15) is 16.9 Å². The molecule has 11 heteroatoms. The van der Waals surface area contributed by atoms with Crippen molar-refractivity contribution in [1.82, 2.24) is 14.9 Å². The van der Waals surface area contributed by atoms with Gasteiger partial charge in [0.2, 0.25) is 11.8 Å². The molecule has 0 spiro atoms. The van der Waals surface area contributed by atoms with Gasteiger partial charge in [0.25, 0.3) is 0 Å². The van der Waals surface area contributed by atoms with E-state index in [1.165, 1.54) is 13.5 Å². The number of carbonyl (C=O) groups excluding carboxylic acids is 4. The number of hydrogen-bond donors (Lipinski definition) is 2. The highest BCUT2D eigenvalue weighted by molar-refractivity contribution is 7.99. The van der Waals surface area contributed by atoms with Crippen molar-refractivity contribution in [2.45, 2.75) is 87.5 Å². The first-order valence-corrected chi connectivity index (χ1v) is 17.0. The third-order valence-electron chi connectivity index (χ3n) is 8.65. The van der Waals surface area contributed by atoms with Crippen molar-refractivity contribution in [2.75, 3.05) is 20.7 Å². The van der Waals surface area contributed by atoms with Crippen LogP contribution in [0, 0.1) is 5.92 Å². The predicted octanol–water partition coefficient (Wildman–Crippen LogP) is 6.18. The van der Waals surface area contributed by atoms with Crippen LogP contribution >= 0.6 is 23.5 Å². The van der Waals surface area contributed by atoms with Crippen LogP contribution in [-0.4, -0.2) is 60.8 Å². The number of hydrogen-bond acceptors (Lipinski definition) is 7. The molecule has 0 unspecified atom stereocenters. The third kappa shape index (κ3) is 10.7. The smallest absolute Gasteiger partial charge is 0.418 e. The first-order chi connectivity index (χ1) is 21.7. The van der Waals surface area contributed by atoms with E-state index < -0.39 is 29.0 Å². The molecule has 3 amide bonds. The number of likely N-dealkylation sites (N-methyl/N-ethyl adjacent to an activating group) is 1. The lowest BCUT2D eigenvalue weighted by molar-refractivity contribution is -0.145. The van der Waals surface area contributed by atoms with E-state index in [2.05, 4.69) is 10.0 Å². The Hall–Kier alpha value is -3.24. The summed E-state index contributed by atoms with van der Waals surface area (Å²) < 4.78 is 13.5. The molecule has 2 atom stereocenters. The molecule has 2 fully saturated rings. The Bertz CT molecular complexity index is 1300. The SMILES string of the molecule is COC(=O)[C@H](CCC(=O)N(C)CCc1ccccc1)NC(=O)[C@H](CC1CCCCC1)SNC(=O)OC1(c2cccc(Cl)c2)CC1. The lowest BCUT2D eigenvalue weighted by atomic mass is 9.86. The molecule has 0 aliphatic heterocycles. The van der Waals surface area contributed by atoms with Gasteiger partial charge >= 0.3 is 12.1 Å². The van der Waals surface area contributed by atoms with Crippen molar-refractivity contribution < 1.29 is 28.7 Å². The first kappa shape index (κ1) is 34.6. The van der Waals surface area contributed by atoms with Crippen LogP contribution in [0.1, 0.15) is 75.3 Å². The predicted molar refractivity (Wildman–Crippen MR) is 176 cm³/mol. The quantitative estimate of drug-likeness (QED) is 0.174. The summed E-state index contributed by atoms with van der Waals surface area (Å²) in [7, 11) is 2.99. The van der Waals surface area contributed by atoms with Crippen LogP contribution in [-0.2, 0) is 35.9 Å². The number of halogens is 1. The molecule has 2 aromatic rings. The number of ether oxygens (including phenoxy) is 2. The highest BCUT2D eigenvalue weighted by Crippen LogP contribution is 2.49. The van der Waals surface area contributed by atoms with Gasteiger partial charge < -0.3 is 19.7 Å². The summed E-state index contributed by atoms with van der Waals surface area (Å²) in [4.78, 5) is 53.7. The van der Waals surface area contributed by atoms with Crippen molar-refractivity contribution >= 4 is 47.4 Å². The fourth-order valence-corrected chi connectivity index (χ4v) is 6.78. The first-order valence-electron chi connectivity index (χ1n) is 15.8. The lowest BCUT2D eigenvalue weighted by Crippen LogP contribution is -2.47. The molecule has 2 aliphatic rings. The van der Waals surface area contributed by atoms with E-state index >= 15 is 0 Å². The Morgan fingerprint density at radius 2 is 1.78 bits per heavy atom. The van der Waals surface area contributed by atoms with E-state index in [9.17, 15) is 19.2 Å². The summed E-state index contributed by atoms with van der Waals surface area (Å²) >= 11 is 7.16. The summed E-state index contributed by atoms with van der Waals surface area (Å²) in [6, 6.07) is 16.2. The zero-order chi connectivity index (χ0) is 32.2. The minimum absolute atomic E-state index is 0.0714. The second-order valence-corrected chi connectivity index (χ2v) is 13.5. The minimum atomic E-state index is -0.993. The van der Waals surface area contributed by atoms with Gasteiger partial charge in [-0.05, 0) is 73.2 Å². The van der Waals surface area contributed by atoms with E-state index in [1.807, 2.05) is 42.5 Å². The maximum atomic E-state index is 13.6. The Morgan fingerprint density at radius 3 is 2.44 bits per heavy atom. The average molecular weight is 658 g/mol. The number of carbonyl (C=O) groups is 4. The van der Waals surface area contributed by atoms with Crippen LogP contribution in [0.15, 0.2) is 54.6 Å². The third-order valence-corrected chi connectivity index (χ3v) is 9.86. The van der Waals surface area contributed by atoms with Crippen molar-refractivity contribution in [3.05, 3.63) is 70.7 Å². The molecule has 0 aromatic heterocycles. The second-order valence-electron chi connectivity index (χ2n) is 12.0. The van der Waals surface area contributed by atoms with E-state index in [1.54, 1.807) is 24.1 Å². The van der Waals surface area contributed by atoms with Crippen molar-refractivity contribution in [2.24, 2.45) is 5.92 Å². The Balaban J connectivity index is 1.34. The molecule has 2 aliphatic carbocycles. The van der Waals surface area contributed by atoms with Crippen LogP contribution in [0.4, 0.5) is 4.79 Å². The number of nitrogens with one attached hydrogen (secondary N) is 2. The van der Waals surface area contributed by atoms with Crippen LogP contribution in [0.25, 0.3) is 0 Å². The number of rotatable bonds is 15. The highest BCUT2D eigenvalue weighted by Gasteiger charge is 2.49. The lowest BCUT2D eigenvalue weighted by Gasteiger charge is -2.27. The zero-order valence-corrected chi connectivity index (χ0v) is 27.7. The highest BCUT2D eigenvalue weighted by atomic mass is 35.5. The fourth-order valence-electron chi connectivity index (χ4n) is 5.77. The molecule has 2 saturated carbocycles. The largest absolute Gasteiger partial charge is 0.467 e. The number of esters is 1. The number of benzene rings is 2.